The first kappa shape index (κ1) is 12.0. The highest BCUT2D eigenvalue weighted by molar-refractivity contribution is 4.93. The minimum atomic E-state index is -0.626. The number of nitrogens with one attached hydrogen (secondary N) is 1. The Kier molecular flexibility index (Phi) is 3.27. The molecule has 0 heterocycles. The van der Waals surface area contributed by atoms with Crippen LogP contribution in [-0.4, -0.2) is 22.8 Å². The van der Waals surface area contributed by atoms with Gasteiger partial charge in [0.05, 0.1) is 5.60 Å². The highest BCUT2D eigenvalue weighted by Crippen LogP contribution is 2.37. The number of hydrogen-bond acceptors (Lipinski definition) is 2. The molecule has 14 heavy (non-hydrogen) atoms. The molecular weight excluding hydrogens is 174 g/mol. The molecule has 2 atom stereocenters. The van der Waals surface area contributed by atoms with Crippen molar-refractivity contribution in [2.24, 2.45) is 5.41 Å². The molecule has 0 radical (unpaired) electrons. The molecule has 0 amide bonds. The van der Waals surface area contributed by atoms with Crippen LogP contribution in [0.5, 0.6) is 0 Å². The van der Waals surface area contributed by atoms with Crippen LogP contribution in [0.2, 0.25) is 0 Å². The first-order valence-electron chi connectivity index (χ1n) is 5.72. The lowest BCUT2D eigenvalue weighted by Crippen LogP contribution is -2.51. The Morgan fingerprint density at radius 2 is 2.00 bits per heavy atom. The summed E-state index contributed by atoms with van der Waals surface area (Å²) < 4.78 is 0. The van der Waals surface area contributed by atoms with E-state index in [-0.39, 0.29) is 6.04 Å². The highest BCUT2D eigenvalue weighted by Gasteiger charge is 2.36. The maximum absolute atomic E-state index is 9.85. The van der Waals surface area contributed by atoms with E-state index >= 15 is 0 Å². The summed E-state index contributed by atoms with van der Waals surface area (Å²) >= 11 is 0. The summed E-state index contributed by atoms with van der Waals surface area (Å²) in [4.78, 5) is 0. The maximum atomic E-state index is 9.85. The van der Waals surface area contributed by atoms with Crippen molar-refractivity contribution in [3.8, 4) is 0 Å². The second kappa shape index (κ2) is 3.82. The van der Waals surface area contributed by atoms with E-state index in [0.29, 0.717) is 11.5 Å². The van der Waals surface area contributed by atoms with E-state index < -0.39 is 5.60 Å². The van der Waals surface area contributed by atoms with Gasteiger partial charge in [-0.15, -0.1) is 0 Å². The van der Waals surface area contributed by atoms with Crippen LogP contribution in [0.1, 0.15) is 53.9 Å². The molecule has 0 aromatic carbocycles. The Labute approximate surface area is 88.1 Å². The Morgan fingerprint density at radius 3 is 2.36 bits per heavy atom. The summed E-state index contributed by atoms with van der Waals surface area (Å²) in [6.07, 6.45) is 3.85. The van der Waals surface area contributed by atoms with Gasteiger partial charge in [0, 0.05) is 12.1 Å². The van der Waals surface area contributed by atoms with Crippen LogP contribution in [0, 0.1) is 5.41 Å². The molecule has 2 N–H and O–H groups in total. The first-order chi connectivity index (χ1) is 6.23. The zero-order chi connectivity index (χ0) is 11.0. The van der Waals surface area contributed by atoms with E-state index in [0.717, 1.165) is 0 Å². The second-order valence-corrected chi connectivity index (χ2v) is 5.98. The predicted octanol–water partition coefficient (Wildman–Crippen LogP) is 2.31. The molecule has 0 aromatic rings. The molecule has 2 unspecified atom stereocenters. The molecular formula is C12H25NO. The standard InChI is InChI=1S/C12H25NO/c1-9(12(4,5)14)13-10-7-6-8-11(10,2)3/h9-10,13-14H,6-8H2,1-5H3. The van der Waals surface area contributed by atoms with Gasteiger partial charge >= 0.3 is 0 Å². The summed E-state index contributed by atoms with van der Waals surface area (Å²) in [5.41, 5.74) is -0.238. The van der Waals surface area contributed by atoms with Gasteiger partial charge in [0.25, 0.3) is 0 Å². The van der Waals surface area contributed by atoms with Crippen molar-refractivity contribution in [3.05, 3.63) is 0 Å². The summed E-state index contributed by atoms with van der Waals surface area (Å²) in [7, 11) is 0. The average molecular weight is 199 g/mol. The Bertz CT molecular complexity index is 193. The Balaban J connectivity index is 2.52. The minimum Gasteiger partial charge on any atom is -0.389 e. The van der Waals surface area contributed by atoms with Crippen molar-refractivity contribution in [3.63, 3.8) is 0 Å². The molecule has 1 saturated carbocycles. The van der Waals surface area contributed by atoms with Gasteiger partial charge in [-0.05, 0) is 39.0 Å². The van der Waals surface area contributed by atoms with Gasteiger partial charge in [0.2, 0.25) is 0 Å². The molecule has 1 fully saturated rings. The Morgan fingerprint density at radius 1 is 1.43 bits per heavy atom. The largest absolute Gasteiger partial charge is 0.389 e. The van der Waals surface area contributed by atoms with Gasteiger partial charge in [-0.1, -0.05) is 20.3 Å². The van der Waals surface area contributed by atoms with Crippen molar-refractivity contribution in [1.82, 2.24) is 5.32 Å². The lowest BCUT2D eigenvalue weighted by Gasteiger charge is -2.35. The lowest BCUT2D eigenvalue weighted by atomic mass is 9.86. The molecule has 0 bridgehead atoms. The van der Waals surface area contributed by atoms with Gasteiger partial charge in [0.15, 0.2) is 0 Å². The van der Waals surface area contributed by atoms with Gasteiger partial charge in [-0.3, -0.25) is 0 Å². The van der Waals surface area contributed by atoms with Gasteiger partial charge in [-0.2, -0.15) is 0 Å². The average Bonchev–Trinajstić information content (AvgIpc) is 2.29. The van der Waals surface area contributed by atoms with E-state index in [1.807, 2.05) is 13.8 Å². The van der Waals surface area contributed by atoms with Crippen molar-refractivity contribution in [2.45, 2.75) is 71.6 Å². The van der Waals surface area contributed by atoms with Crippen LogP contribution >= 0.6 is 0 Å². The summed E-state index contributed by atoms with van der Waals surface area (Å²) in [6, 6.07) is 0.716. The van der Waals surface area contributed by atoms with Gasteiger partial charge < -0.3 is 10.4 Å². The highest BCUT2D eigenvalue weighted by atomic mass is 16.3. The number of hydrogen-bond donors (Lipinski definition) is 2. The first-order valence-corrected chi connectivity index (χ1v) is 5.72. The third-order valence-corrected chi connectivity index (χ3v) is 3.77. The molecule has 1 aliphatic carbocycles. The van der Waals surface area contributed by atoms with Gasteiger partial charge in [0.1, 0.15) is 0 Å². The van der Waals surface area contributed by atoms with Gasteiger partial charge in [-0.25, -0.2) is 0 Å². The van der Waals surface area contributed by atoms with Crippen molar-refractivity contribution >= 4 is 0 Å². The van der Waals surface area contributed by atoms with Crippen LogP contribution in [0.25, 0.3) is 0 Å². The van der Waals surface area contributed by atoms with E-state index in [9.17, 15) is 5.11 Å². The van der Waals surface area contributed by atoms with Crippen LogP contribution in [-0.2, 0) is 0 Å². The van der Waals surface area contributed by atoms with Crippen LogP contribution in [0.3, 0.4) is 0 Å². The minimum absolute atomic E-state index is 0.157. The van der Waals surface area contributed by atoms with Crippen molar-refractivity contribution < 1.29 is 5.11 Å². The van der Waals surface area contributed by atoms with E-state index in [4.69, 9.17) is 0 Å². The van der Waals surface area contributed by atoms with E-state index in [1.165, 1.54) is 19.3 Å². The normalized spacial score (nSPS) is 29.1. The molecule has 1 rings (SSSR count). The fourth-order valence-corrected chi connectivity index (χ4v) is 2.14. The third kappa shape index (κ3) is 2.71. The third-order valence-electron chi connectivity index (χ3n) is 3.77. The lowest BCUT2D eigenvalue weighted by molar-refractivity contribution is 0.0342. The fraction of sp³-hybridized carbons (Fsp3) is 1.00. The SMILES string of the molecule is CC(NC1CCCC1(C)C)C(C)(C)O. The molecule has 0 aromatic heterocycles. The quantitative estimate of drug-likeness (QED) is 0.731. The molecule has 2 heteroatoms. The maximum Gasteiger partial charge on any atom is 0.0741 e. The van der Waals surface area contributed by atoms with E-state index in [2.05, 4.69) is 26.1 Å². The van der Waals surface area contributed by atoms with Crippen LogP contribution < -0.4 is 5.32 Å². The molecule has 0 aliphatic heterocycles. The predicted molar refractivity (Wildman–Crippen MR) is 60.3 cm³/mol. The zero-order valence-corrected chi connectivity index (χ0v) is 10.2. The fourth-order valence-electron chi connectivity index (χ4n) is 2.14. The van der Waals surface area contributed by atoms with Crippen molar-refractivity contribution in [2.75, 3.05) is 0 Å². The number of aliphatic hydroxyl groups is 1. The molecule has 0 saturated heterocycles. The Hall–Kier alpha value is -0.0800. The summed E-state index contributed by atoms with van der Waals surface area (Å²) in [6.45, 7) is 10.4. The monoisotopic (exact) mass is 199 g/mol. The zero-order valence-electron chi connectivity index (χ0n) is 10.2. The second-order valence-electron chi connectivity index (χ2n) is 5.98. The molecule has 1 aliphatic rings. The summed E-state index contributed by atoms with van der Waals surface area (Å²) in [5, 5.41) is 13.4. The van der Waals surface area contributed by atoms with Crippen molar-refractivity contribution in [1.29, 1.82) is 0 Å². The molecule has 2 nitrogen and oxygen atoms in total. The van der Waals surface area contributed by atoms with Crippen LogP contribution in [0.4, 0.5) is 0 Å². The smallest absolute Gasteiger partial charge is 0.0741 e. The summed E-state index contributed by atoms with van der Waals surface area (Å²) in [5.74, 6) is 0. The molecule has 0 spiro atoms. The van der Waals surface area contributed by atoms with Crippen LogP contribution in [0.15, 0.2) is 0 Å². The molecule has 84 valence electrons. The number of rotatable bonds is 3. The topological polar surface area (TPSA) is 32.3 Å². The van der Waals surface area contributed by atoms with E-state index in [1.54, 1.807) is 0 Å².